The fraction of sp³-hybridized carbons (Fsp3) is 0.533. The summed E-state index contributed by atoms with van der Waals surface area (Å²) < 4.78 is 6.44. The summed E-state index contributed by atoms with van der Waals surface area (Å²) in [5.74, 6) is 0.289. The lowest BCUT2D eigenvalue weighted by Gasteiger charge is -2.34. The average Bonchev–Trinajstić information content (AvgIpc) is 3.23. The molecule has 0 bridgehead atoms. The molecule has 2 aromatic rings. The molecule has 0 aromatic carbocycles. The van der Waals surface area contributed by atoms with E-state index in [9.17, 15) is 9.59 Å². The van der Waals surface area contributed by atoms with E-state index in [-0.39, 0.29) is 11.8 Å². The van der Waals surface area contributed by atoms with Crippen LogP contribution >= 0.6 is 0 Å². The van der Waals surface area contributed by atoms with Crippen molar-refractivity contribution in [2.75, 3.05) is 39.3 Å². The standard InChI is InChI=1S/C15H21N7O3/c1-11-9-12(18-25-11)15(24)22-7-5-21(6-8-22)4-3-16-14(23)13-10-20(2)19-17-13/h9-10H,3-8H2,1-2H3,(H,16,23). The van der Waals surface area contributed by atoms with E-state index in [1.165, 1.54) is 4.68 Å². The van der Waals surface area contributed by atoms with E-state index < -0.39 is 0 Å². The van der Waals surface area contributed by atoms with Crippen LogP contribution in [0.5, 0.6) is 0 Å². The largest absolute Gasteiger partial charge is 0.361 e. The van der Waals surface area contributed by atoms with Crippen LogP contribution in [0.4, 0.5) is 0 Å². The number of nitrogens with one attached hydrogen (secondary N) is 1. The van der Waals surface area contributed by atoms with Gasteiger partial charge in [0.15, 0.2) is 11.4 Å². The number of amides is 2. The number of hydrogen-bond donors (Lipinski definition) is 1. The minimum Gasteiger partial charge on any atom is -0.361 e. The van der Waals surface area contributed by atoms with Gasteiger partial charge in [-0.1, -0.05) is 10.4 Å². The molecule has 1 aliphatic rings. The molecule has 0 atom stereocenters. The molecule has 1 aliphatic heterocycles. The summed E-state index contributed by atoms with van der Waals surface area (Å²) in [6.07, 6.45) is 1.57. The van der Waals surface area contributed by atoms with Gasteiger partial charge in [-0.3, -0.25) is 19.2 Å². The van der Waals surface area contributed by atoms with Crippen LogP contribution in [0, 0.1) is 6.92 Å². The molecule has 3 heterocycles. The van der Waals surface area contributed by atoms with Crippen molar-refractivity contribution < 1.29 is 14.1 Å². The van der Waals surface area contributed by atoms with Crippen molar-refractivity contribution in [1.29, 1.82) is 0 Å². The molecule has 10 heteroatoms. The second-order valence-corrected chi connectivity index (χ2v) is 5.99. The Bertz CT molecular complexity index is 743. The number of aryl methyl sites for hydroxylation is 2. The highest BCUT2D eigenvalue weighted by atomic mass is 16.5. The summed E-state index contributed by atoms with van der Waals surface area (Å²) in [7, 11) is 1.71. The number of rotatable bonds is 5. The van der Waals surface area contributed by atoms with E-state index in [0.29, 0.717) is 36.8 Å². The summed E-state index contributed by atoms with van der Waals surface area (Å²) in [6.45, 7) is 5.76. The van der Waals surface area contributed by atoms with Crippen molar-refractivity contribution in [2.24, 2.45) is 7.05 Å². The van der Waals surface area contributed by atoms with Crippen molar-refractivity contribution in [1.82, 2.24) is 35.3 Å². The van der Waals surface area contributed by atoms with Gasteiger partial charge in [0.1, 0.15) is 5.76 Å². The van der Waals surface area contributed by atoms with Crippen molar-refractivity contribution in [3.05, 3.63) is 29.4 Å². The van der Waals surface area contributed by atoms with E-state index >= 15 is 0 Å². The predicted molar refractivity (Wildman–Crippen MR) is 86.9 cm³/mol. The first-order valence-electron chi connectivity index (χ1n) is 8.12. The fourth-order valence-corrected chi connectivity index (χ4v) is 2.67. The van der Waals surface area contributed by atoms with Gasteiger partial charge in [0.05, 0.1) is 6.20 Å². The third-order valence-electron chi connectivity index (χ3n) is 4.06. The third kappa shape index (κ3) is 4.21. The van der Waals surface area contributed by atoms with Crippen molar-refractivity contribution in [3.63, 3.8) is 0 Å². The molecule has 0 aliphatic carbocycles. The Kier molecular flexibility index (Phi) is 5.08. The van der Waals surface area contributed by atoms with Gasteiger partial charge in [-0.2, -0.15) is 0 Å². The molecular weight excluding hydrogens is 326 g/mol. The molecule has 1 N–H and O–H groups in total. The zero-order chi connectivity index (χ0) is 17.8. The molecule has 10 nitrogen and oxygen atoms in total. The van der Waals surface area contributed by atoms with Gasteiger partial charge >= 0.3 is 0 Å². The Balaban J connectivity index is 1.39. The monoisotopic (exact) mass is 347 g/mol. The van der Waals surface area contributed by atoms with Crippen LogP contribution < -0.4 is 5.32 Å². The highest BCUT2D eigenvalue weighted by molar-refractivity contribution is 5.92. The van der Waals surface area contributed by atoms with Gasteiger partial charge < -0.3 is 14.7 Å². The molecule has 1 saturated heterocycles. The highest BCUT2D eigenvalue weighted by Gasteiger charge is 2.24. The first-order valence-corrected chi connectivity index (χ1v) is 8.12. The second kappa shape index (κ2) is 7.43. The number of carbonyl (C=O) groups is 2. The number of hydrogen-bond acceptors (Lipinski definition) is 7. The van der Waals surface area contributed by atoms with E-state index in [1.807, 2.05) is 0 Å². The molecular formula is C15H21N7O3. The van der Waals surface area contributed by atoms with Crippen LogP contribution in [0.25, 0.3) is 0 Å². The van der Waals surface area contributed by atoms with E-state index in [0.717, 1.165) is 19.6 Å². The quantitative estimate of drug-likeness (QED) is 0.761. The average molecular weight is 347 g/mol. The summed E-state index contributed by atoms with van der Waals surface area (Å²) in [6, 6.07) is 1.65. The van der Waals surface area contributed by atoms with E-state index in [2.05, 4.69) is 25.7 Å². The molecule has 1 fully saturated rings. The molecule has 0 spiro atoms. The maximum atomic E-state index is 12.3. The first-order chi connectivity index (χ1) is 12.0. The second-order valence-electron chi connectivity index (χ2n) is 5.99. The van der Waals surface area contributed by atoms with Crippen molar-refractivity contribution in [3.8, 4) is 0 Å². The smallest absolute Gasteiger partial charge is 0.276 e. The van der Waals surface area contributed by atoms with Crippen LogP contribution in [0.3, 0.4) is 0 Å². The molecule has 2 amide bonds. The lowest BCUT2D eigenvalue weighted by molar-refractivity contribution is 0.0628. The zero-order valence-corrected chi connectivity index (χ0v) is 14.3. The van der Waals surface area contributed by atoms with Crippen LogP contribution in [-0.2, 0) is 7.05 Å². The highest BCUT2D eigenvalue weighted by Crippen LogP contribution is 2.09. The van der Waals surface area contributed by atoms with Gasteiger partial charge in [0.25, 0.3) is 11.8 Å². The van der Waals surface area contributed by atoms with E-state index in [1.54, 1.807) is 31.1 Å². The molecule has 134 valence electrons. The van der Waals surface area contributed by atoms with E-state index in [4.69, 9.17) is 4.52 Å². The number of piperazine rings is 1. The molecule has 25 heavy (non-hydrogen) atoms. The van der Waals surface area contributed by atoms with Crippen LogP contribution in [0.2, 0.25) is 0 Å². The summed E-state index contributed by atoms with van der Waals surface area (Å²) in [5, 5.41) is 14.1. The molecule has 0 radical (unpaired) electrons. The lowest BCUT2D eigenvalue weighted by atomic mass is 10.2. The zero-order valence-electron chi connectivity index (χ0n) is 14.3. The van der Waals surface area contributed by atoms with Gasteiger partial charge in [-0.25, -0.2) is 0 Å². The topological polar surface area (TPSA) is 109 Å². The maximum Gasteiger partial charge on any atom is 0.276 e. The summed E-state index contributed by atoms with van der Waals surface area (Å²) >= 11 is 0. The molecule has 3 rings (SSSR count). The Morgan fingerprint density at radius 3 is 2.60 bits per heavy atom. The molecule has 2 aromatic heterocycles. The number of nitrogens with zero attached hydrogens (tertiary/aromatic N) is 6. The summed E-state index contributed by atoms with van der Waals surface area (Å²) in [5.41, 5.74) is 0.656. The normalized spacial score (nSPS) is 15.4. The Hall–Kier alpha value is -2.75. The minimum atomic E-state index is -0.233. The van der Waals surface area contributed by atoms with Crippen LogP contribution in [-0.4, -0.2) is 81.0 Å². The van der Waals surface area contributed by atoms with Crippen LogP contribution in [0.1, 0.15) is 26.7 Å². The Labute approximate surface area is 144 Å². The van der Waals surface area contributed by atoms with Gasteiger partial charge in [-0.05, 0) is 6.92 Å². The minimum absolute atomic E-state index is 0.104. The first kappa shape index (κ1) is 17.1. The Morgan fingerprint density at radius 1 is 1.24 bits per heavy atom. The predicted octanol–water partition coefficient (Wildman–Crippen LogP) is -0.701. The number of carbonyl (C=O) groups excluding carboxylic acids is 2. The van der Waals surface area contributed by atoms with Crippen LogP contribution in [0.15, 0.2) is 16.8 Å². The van der Waals surface area contributed by atoms with Gasteiger partial charge in [-0.15, -0.1) is 5.10 Å². The maximum absolute atomic E-state index is 12.3. The molecule has 0 saturated carbocycles. The van der Waals surface area contributed by atoms with Crippen molar-refractivity contribution >= 4 is 11.8 Å². The third-order valence-corrected chi connectivity index (χ3v) is 4.06. The van der Waals surface area contributed by atoms with Gasteiger partial charge in [0.2, 0.25) is 0 Å². The fourth-order valence-electron chi connectivity index (χ4n) is 2.67. The SMILES string of the molecule is Cc1cc(C(=O)N2CCN(CCNC(=O)c3cn(C)nn3)CC2)no1. The lowest BCUT2D eigenvalue weighted by Crippen LogP contribution is -2.50. The van der Waals surface area contributed by atoms with Gasteiger partial charge in [0, 0.05) is 52.4 Å². The number of aromatic nitrogens is 4. The Morgan fingerprint density at radius 2 is 2.00 bits per heavy atom. The van der Waals surface area contributed by atoms with Crippen molar-refractivity contribution in [2.45, 2.75) is 6.92 Å². The summed E-state index contributed by atoms with van der Waals surface area (Å²) in [4.78, 5) is 28.2. The molecule has 0 unspecified atom stereocenters.